The number of nitrogens with zero attached hydrogens (tertiary/aromatic N) is 2. The van der Waals surface area contributed by atoms with E-state index in [2.05, 4.69) is 20.6 Å². The van der Waals surface area contributed by atoms with Gasteiger partial charge in [-0.05, 0) is 48.5 Å². The normalized spacial score (nSPS) is 11.3. The molecule has 0 unspecified atom stereocenters. The molecule has 0 aliphatic rings. The first-order valence-corrected chi connectivity index (χ1v) is 11.6. The first-order valence-electron chi connectivity index (χ1n) is 10.8. The van der Waals surface area contributed by atoms with E-state index in [0.29, 0.717) is 45.1 Å². The SMILES string of the molecule is O=C(NCCO)c1ccc2oc(-c3ccc(-c4nc5cc(C(=O)NCCO)ccc5o4)s3)nc2c1. The number of hydrogen-bond donors (Lipinski definition) is 4. The van der Waals surface area contributed by atoms with Gasteiger partial charge in [-0.2, -0.15) is 0 Å². The first-order chi connectivity index (χ1) is 17.1. The zero-order valence-corrected chi connectivity index (χ0v) is 19.1. The Hall–Kier alpha value is -4.06. The van der Waals surface area contributed by atoms with Crippen molar-refractivity contribution in [3.8, 4) is 21.5 Å². The third kappa shape index (κ3) is 4.64. The molecule has 5 rings (SSSR count). The molecule has 4 N–H and O–H groups in total. The van der Waals surface area contributed by atoms with Crippen LogP contribution in [-0.2, 0) is 0 Å². The van der Waals surface area contributed by atoms with Crippen molar-refractivity contribution in [3.05, 3.63) is 59.7 Å². The number of aromatic nitrogens is 2. The second-order valence-electron chi connectivity index (χ2n) is 7.53. The van der Waals surface area contributed by atoms with Crippen LogP contribution in [0.4, 0.5) is 0 Å². The van der Waals surface area contributed by atoms with E-state index in [-0.39, 0.29) is 38.1 Å². The van der Waals surface area contributed by atoms with Gasteiger partial charge in [-0.3, -0.25) is 9.59 Å². The van der Waals surface area contributed by atoms with Crippen molar-refractivity contribution in [2.45, 2.75) is 0 Å². The molecule has 178 valence electrons. The molecule has 0 fully saturated rings. The van der Waals surface area contributed by atoms with Crippen LogP contribution in [0.3, 0.4) is 0 Å². The third-order valence-electron chi connectivity index (χ3n) is 5.12. The van der Waals surface area contributed by atoms with Crippen molar-refractivity contribution in [3.63, 3.8) is 0 Å². The van der Waals surface area contributed by atoms with Gasteiger partial charge in [-0.1, -0.05) is 0 Å². The molecule has 3 aromatic heterocycles. The molecule has 0 saturated heterocycles. The van der Waals surface area contributed by atoms with E-state index >= 15 is 0 Å². The highest BCUT2D eigenvalue weighted by Crippen LogP contribution is 2.36. The van der Waals surface area contributed by atoms with Gasteiger partial charge in [0.05, 0.1) is 23.0 Å². The van der Waals surface area contributed by atoms with Crippen molar-refractivity contribution in [2.75, 3.05) is 26.3 Å². The van der Waals surface area contributed by atoms with E-state index in [0.717, 1.165) is 9.75 Å². The van der Waals surface area contributed by atoms with Crippen LogP contribution >= 0.6 is 11.3 Å². The van der Waals surface area contributed by atoms with Crippen LogP contribution in [0.1, 0.15) is 20.7 Å². The molecule has 5 aromatic rings. The molecule has 11 heteroatoms. The van der Waals surface area contributed by atoms with Gasteiger partial charge in [0.25, 0.3) is 11.8 Å². The predicted octanol–water partition coefficient (Wildman–Crippen LogP) is 2.81. The number of carbonyl (C=O) groups is 2. The van der Waals surface area contributed by atoms with Gasteiger partial charge in [0.1, 0.15) is 11.0 Å². The molecular formula is C24H20N4O6S. The average molecular weight is 493 g/mol. The fraction of sp³-hybridized carbons (Fsp3) is 0.167. The van der Waals surface area contributed by atoms with Gasteiger partial charge in [-0.15, -0.1) is 11.3 Å². The number of benzene rings is 2. The van der Waals surface area contributed by atoms with Crippen molar-refractivity contribution < 1.29 is 28.6 Å². The Bertz CT molecular complexity index is 1420. The Labute approximate surface area is 202 Å². The second kappa shape index (κ2) is 9.66. The van der Waals surface area contributed by atoms with Crippen molar-refractivity contribution >= 4 is 45.4 Å². The maximum absolute atomic E-state index is 12.1. The minimum Gasteiger partial charge on any atom is -0.435 e. The highest BCUT2D eigenvalue weighted by atomic mass is 32.1. The minimum absolute atomic E-state index is 0.135. The lowest BCUT2D eigenvalue weighted by Gasteiger charge is -2.02. The smallest absolute Gasteiger partial charge is 0.251 e. The van der Waals surface area contributed by atoms with E-state index in [1.54, 1.807) is 36.4 Å². The zero-order valence-electron chi connectivity index (χ0n) is 18.3. The zero-order chi connectivity index (χ0) is 24.4. The Balaban J connectivity index is 1.39. The molecule has 2 aromatic carbocycles. The number of rotatable bonds is 8. The molecular weight excluding hydrogens is 472 g/mol. The summed E-state index contributed by atoms with van der Waals surface area (Å²) in [6.07, 6.45) is 0. The summed E-state index contributed by atoms with van der Waals surface area (Å²) in [5.74, 6) is 0.217. The maximum atomic E-state index is 12.1. The molecule has 35 heavy (non-hydrogen) atoms. The number of fused-ring (bicyclic) bond motifs is 2. The number of nitrogens with one attached hydrogen (secondary N) is 2. The molecule has 0 aliphatic heterocycles. The van der Waals surface area contributed by atoms with Crippen molar-refractivity contribution in [1.82, 2.24) is 20.6 Å². The summed E-state index contributed by atoms with van der Waals surface area (Å²) in [5.41, 5.74) is 3.02. The summed E-state index contributed by atoms with van der Waals surface area (Å²) in [6, 6.07) is 13.6. The van der Waals surface area contributed by atoms with Crippen molar-refractivity contribution in [2.24, 2.45) is 0 Å². The van der Waals surface area contributed by atoms with E-state index in [9.17, 15) is 9.59 Å². The quantitative estimate of drug-likeness (QED) is 0.258. The molecule has 0 saturated carbocycles. The van der Waals surface area contributed by atoms with Crippen LogP contribution in [0, 0.1) is 0 Å². The summed E-state index contributed by atoms with van der Waals surface area (Å²) >= 11 is 1.39. The van der Waals surface area contributed by atoms with Crippen molar-refractivity contribution in [1.29, 1.82) is 0 Å². The standard InChI is InChI=1S/C24H20N4O6S/c29-9-7-25-21(31)13-1-3-17-15(11-13)27-23(33-17)19-5-6-20(35-19)24-28-16-12-14(2-4-18(16)34-24)22(32)26-8-10-30/h1-6,11-12,29-30H,7-10H2,(H,25,31)(H,26,32). The number of carbonyl (C=O) groups excluding carboxylic acids is 2. The van der Waals surface area contributed by atoms with Crippen LogP contribution in [-0.4, -0.2) is 58.3 Å². The number of amides is 2. The third-order valence-corrected chi connectivity index (χ3v) is 6.18. The molecule has 0 atom stereocenters. The van der Waals surface area contributed by atoms with Gasteiger partial charge in [-0.25, -0.2) is 9.97 Å². The first kappa shape index (κ1) is 22.7. The van der Waals surface area contributed by atoms with E-state index in [1.807, 2.05) is 12.1 Å². The van der Waals surface area contributed by atoms with E-state index < -0.39 is 0 Å². The Morgan fingerprint density at radius 1 is 0.743 bits per heavy atom. The van der Waals surface area contributed by atoms with Crippen LogP contribution in [0.5, 0.6) is 0 Å². The highest BCUT2D eigenvalue weighted by molar-refractivity contribution is 7.18. The summed E-state index contributed by atoms with van der Waals surface area (Å²) in [7, 11) is 0. The maximum Gasteiger partial charge on any atom is 0.251 e. The topological polar surface area (TPSA) is 151 Å². The lowest BCUT2D eigenvalue weighted by Crippen LogP contribution is -2.26. The number of aliphatic hydroxyl groups is 2. The van der Waals surface area contributed by atoms with Gasteiger partial charge in [0.15, 0.2) is 11.2 Å². The molecule has 2 amide bonds. The number of oxazole rings is 2. The summed E-state index contributed by atoms with van der Waals surface area (Å²) in [4.78, 5) is 34.8. The second-order valence-corrected chi connectivity index (χ2v) is 8.61. The van der Waals surface area contributed by atoms with Crippen LogP contribution < -0.4 is 10.6 Å². The Morgan fingerprint density at radius 2 is 1.20 bits per heavy atom. The highest BCUT2D eigenvalue weighted by Gasteiger charge is 2.17. The lowest BCUT2D eigenvalue weighted by molar-refractivity contribution is 0.0937. The number of hydrogen-bond acceptors (Lipinski definition) is 9. The molecule has 0 radical (unpaired) electrons. The molecule has 10 nitrogen and oxygen atoms in total. The minimum atomic E-state index is -0.297. The summed E-state index contributed by atoms with van der Waals surface area (Å²) < 4.78 is 11.7. The summed E-state index contributed by atoms with van der Waals surface area (Å²) in [5, 5.41) is 23.0. The molecule has 0 aliphatic carbocycles. The molecule has 3 heterocycles. The van der Waals surface area contributed by atoms with Crippen LogP contribution in [0.15, 0.2) is 57.4 Å². The largest absolute Gasteiger partial charge is 0.435 e. The Kier molecular flexibility index (Phi) is 6.27. The fourth-order valence-electron chi connectivity index (χ4n) is 3.46. The van der Waals surface area contributed by atoms with Gasteiger partial charge < -0.3 is 29.7 Å². The van der Waals surface area contributed by atoms with Crippen LogP contribution in [0.2, 0.25) is 0 Å². The van der Waals surface area contributed by atoms with Gasteiger partial charge in [0, 0.05) is 24.2 Å². The van der Waals surface area contributed by atoms with Crippen LogP contribution in [0.25, 0.3) is 43.7 Å². The Morgan fingerprint density at radius 3 is 1.63 bits per heavy atom. The van der Waals surface area contributed by atoms with E-state index in [1.165, 1.54) is 11.3 Å². The van der Waals surface area contributed by atoms with Gasteiger partial charge >= 0.3 is 0 Å². The van der Waals surface area contributed by atoms with E-state index in [4.69, 9.17) is 19.0 Å². The monoisotopic (exact) mass is 492 g/mol. The van der Waals surface area contributed by atoms with Gasteiger partial charge in [0.2, 0.25) is 11.8 Å². The molecule has 0 spiro atoms. The fourth-order valence-corrected chi connectivity index (χ4v) is 4.32. The summed E-state index contributed by atoms with van der Waals surface area (Å²) in [6.45, 7) is 0.0773. The number of thiophene rings is 1. The predicted molar refractivity (Wildman–Crippen MR) is 129 cm³/mol. The number of aliphatic hydroxyl groups excluding tert-OH is 2. The average Bonchev–Trinajstić information content (AvgIpc) is 3.61. The molecule has 0 bridgehead atoms. The lowest BCUT2D eigenvalue weighted by atomic mass is 10.2.